The molecule has 8 nitrogen and oxygen atoms in total. The van der Waals surface area contributed by atoms with E-state index in [0.29, 0.717) is 41.1 Å². The Morgan fingerprint density at radius 1 is 1.13 bits per heavy atom. The molecule has 31 heavy (non-hydrogen) atoms. The number of para-hydroxylation sites is 1. The molecule has 3 rings (SSSR count). The van der Waals surface area contributed by atoms with Crippen molar-refractivity contribution >= 4 is 28.4 Å². The van der Waals surface area contributed by atoms with Crippen LogP contribution in [0.4, 0.5) is 5.69 Å². The van der Waals surface area contributed by atoms with Gasteiger partial charge in [-0.2, -0.15) is 0 Å². The van der Waals surface area contributed by atoms with Crippen LogP contribution in [0, 0.1) is 0 Å². The SMILES string of the molecule is CCCCN(CC(=O)Nc1cccc(C(=O)NC)c1)Cc1nc2ccccc2c(=O)[nH]1. The van der Waals surface area contributed by atoms with Crippen molar-refractivity contribution in [2.75, 3.05) is 25.5 Å². The van der Waals surface area contributed by atoms with Crippen LogP contribution in [-0.2, 0) is 11.3 Å². The third kappa shape index (κ3) is 5.99. The monoisotopic (exact) mass is 421 g/mol. The molecule has 0 bridgehead atoms. The van der Waals surface area contributed by atoms with Crippen LogP contribution in [0.1, 0.15) is 35.9 Å². The number of aromatic amines is 1. The van der Waals surface area contributed by atoms with Gasteiger partial charge in [-0.3, -0.25) is 19.3 Å². The lowest BCUT2D eigenvalue weighted by Crippen LogP contribution is -2.34. The van der Waals surface area contributed by atoms with Gasteiger partial charge in [0.15, 0.2) is 0 Å². The Bertz CT molecular complexity index is 1130. The van der Waals surface area contributed by atoms with Crippen molar-refractivity contribution in [1.82, 2.24) is 20.2 Å². The molecule has 0 unspecified atom stereocenters. The number of benzene rings is 2. The predicted octanol–water partition coefficient (Wildman–Crippen LogP) is 2.52. The molecular formula is C23H27N5O3. The predicted molar refractivity (Wildman–Crippen MR) is 121 cm³/mol. The maximum atomic E-state index is 12.7. The van der Waals surface area contributed by atoms with Gasteiger partial charge in [0.2, 0.25) is 5.91 Å². The molecule has 2 amide bonds. The van der Waals surface area contributed by atoms with Crippen LogP contribution < -0.4 is 16.2 Å². The van der Waals surface area contributed by atoms with Crippen LogP contribution in [0.5, 0.6) is 0 Å². The molecule has 0 fully saturated rings. The first-order chi connectivity index (χ1) is 15.0. The van der Waals surface area contributed by atoms with E-state index in [2.05, 4.69) is 27.5 Å². The average Bonchev–Trinajstić information content (AvgIpc) is 2.77. The highest BCUT2D eigenvalue weighted by molar-refractivity contribution is 5.97. The molecular weight excluding hydrogens is 394 g/mol. The van der Waals surface area contributed by atoms with Crippen LogP contribution >= 0.6 is 0 Å². The van der Waals surface area contributed by atoms with Crippen molar-refractivity contribution in [1.29, 1.82) is 0 Å². The van der Waals surface area contributed by atoms with Gasteiger partial charge in [0.25, 0.3) is 11.5 Å². The second-order valence-corrected chi connectivity index (χ2v) is 7.30. The van der Waals surface area contributed by atoms with E-state index in [0.717, 1.165) is 12.8 Å². The number of carbonyl (C=O) groups is 2. The van der Waals surface area contributed by atoms with Gasteiger partial charge in [-0.05, 0) is 43.3 Å². The van der Waals surface area contributed by atoms with Crippen molar-refractivity contribution in [3.05, 3.63) is 70.3 Å². The molecule has 0 saturated carbocycles. The fraction of sp³-hybridized carbons (Fsp3) is 0.304. The molecule has 8 heteroatoms. The summed E-state index contributed by atoms with van der Waals surface area (Å²) in [7, 11) is 1.56. The molecule has 0 atom stereocenters. The van der Waals surface area contributed by atoms with E-state index in [4.69, 9.17) is 0 Å². The van der Waals surface area contributed by atoms with Crippen molar-refractivity contribution < 1.29 is 9.59 Å². The molecule has 1 aromatic heterocycles. The number of nitrogens with zero attached hydrogens (tertiary/aromatic N) is 2. The van der Waals surface area contributed by atoms with E-state index in [1.807, 2.05) is 11.0 Å². The van der Waals surface area contributed by atoms with E-state index in [-0.39, 0.29) is 23.9 Å². The Morgan fingerprint density at radius 3 is 2.71 bits per heavy atom. The van der Waals surface area contributed by atoms with Crippen LogP contribution in [0.3, 0.4) is 0 Å². The third-order valence-electron chi connectivity index (χ3n) is 4.87. The van der Waals surface area contributed by atoms with E-state index in [1.54, 1.807) is 49.5 Å². The molecule has 0 aliphatic carbocycles. The number of hydrogen-bond donors (Lipinski definition) is 3. The maximum Gasteiger partial charge on any atom is 0.258 e. The lowest BCUT2D eigenvalue weighted by atomic mass is 10.2. The Morgan fingerprint density at radius 2 is 1.94 bits per heavy atom. The summed E-state index contributed by atoms with van der Waals surface area (Å²) in [4.78, 5) is 46.1. The highest BCUT2D eigenvalue weighted by Gasteiger charge is 2.14. The smallest absolute Gasteiger partial charge is 0.258 e. The molecule has 0 aliphatic rings. The fourth-order valence-electron chi connectivity index (χ4n) is 3.30. The van der Waals surface area contributed by atoms with Crippen molar-refractivity contribution in [3.63, 3.8) is 0 Å². The fourth-order valence-corrected chi connectivity index (χ4v) is 3.30. The molecule has 0 spiro atoms. The van der Waals surface area contributed by atoms with Crippen molar-refractivity contribution in [2.24, 2.45) is 0 Å². The molecule has 0 radical (unpaired) electrons. The number of nitrogens with one attached hydrogen (secondary N) is 3. The quantitative estimate of drug-likeness (QED) is 0.492. The molecule has 2 aromatic carbocycles. The first kappa shape index (κ1) is 22.2. The normalized spacial score (nSPS) is 10.9. The second-order valence-electron chi connectivity index (χ2n) is 7.30. The zero-order valence-electron chi connectivity index (χ0n) is 17.8. The number of aromatic nitrogens is 2. The Kier molecular flexibility index (Phi) is 7.50. The first-order valence-electron chi connectivity index (χ1n) is 10.3. The lowest BCUT2D eigenvalue weighted by molar-refractivity contribution is -0.117. The van der Waals surface area contributed by atoms with Gasteiger partial charge in [0.1, 0.15) is 5.82 Å². The topological polar surface area (TPSA) is 107 Å². The number of amides is 2. The van der Waals surface area contributed by atoms with E-state index in [1.165, 1.54) is 0 Å². The number of fused-ring (bicyclic) bond motifs is 1. The zero-order valence-corrected chi connectivity index (χ0v) is 17.8. The van der Waals surface area contributed by atoms with Gasteiger partial charge in [-0.25, -0.2) is 4.98 Å². The molecule has 3 aromatic rings. The average molecular weight is 422 g/mol. The summed E-state index contributed by atoms with van der Waals surface area (Å²) in [5.41, 5.74) is 1.47. The van der Waals surface area contributed by atoms with Gasteiger partial charge in [-0.1, -0.05) is 31.5 Å². The third-order valence-corrected chi connectivity index (χ3v) is 4.87. The standard InChI is InChI=1S/C23H27N5O3/c1-3-4-12-28(14-20-26-19-11-6-5-10-18(19)23(31)27-20)15-21(29)25-17-9-7-8-16(13-17)22(30)24-2/h5-11,13H,3-4,12,14-15H2,1-2H3,(H,24,30)(H,25,29)(H,26,27,31). The number of unbranched alkanes of at least 4 members (excludes halogenated alkanes) is 1. The highest BCUT2D eigenvalue weighted by Crippen LogP contribution is 2.12. The Hall–Kier alpha value is -3.52. The summed E-state index contributed by atoms with van der Waals surface area (Å²) < 4.78 is 0. The number of H-pyrrole nitrogens is 1. The van der Waals surface area contributed by atoms with E-state index >= 15 is 0 Å². The van der Waals surface area contributed by atoms with E-state index in [9.17, 15) is 14.4 Å². The Labute approximate surface area is 180 Å². The maximum absolute atomic E-state index is 12.7. The molecule has 0 saturated heterocycles. The summed E-state index contributed by atoms with van der Waals surface area (Å²) in [5, 5.41) is 5.95. The summed E-state index contributed by atoms with van der Waals surface area (Å²) in [6.07, 6.45) is 1.89. The summed E-state index contributed by atoms with van der Waals surface area (Å²) >= 11 is 0. The minimum absolute atomic E-state index is 0.140. The molecule has 3 N–H and O–H groups in total. The van der Waals surface area contributed by atoms with Crippen molar-refractivity contribution in [3.8, 4) is 0 Å². The number of anilines is 1. The first-order valence-corrected chi connectivity index (χ1v) is 10.3. The summed E-state index contributed by atoms with van der Waals surface area (Å²) in [6.45, 7) is 3.27. The molecule has 1 heterocycles. The molecule has 0 aliphatic heterocycles. The summed E-state index contributed by atoms with van der Waals surface area (Å²) in [6, 6.07) is 14.0. The van der Waals surface area contributed by atoms with Crippen LogP contribution in [0.15, 0.2) is 53.3 Å². The zero-order chi connectivity index (χ0) is 22.2. The van der Waals surface area contributed by atoms with Crippen molar-refractivity contribution in [2.45, 2.75) is 26.3 Å². The lowest BCUT2D eigenvalue weighted by Gasteiger charge is -2.21. The highest BCUT2D eigenvalue weighted by atomic mass is 16.2. The largest absolute Gasteiger partial charge is 0.355 e. The number of hydrogen-bond acceptors (Lipinski definition) is 5. The minimum Gasteiger partial charge on any atom is -0.355 e. The van der Waals surface area contributed by atoms with Gasteiger partial charge >= 0.3 is 0 Å². The van der Waals surface area contributed by atoms with Crippen LogP contribution in [0.25, 0.3) is 10.9 Å². The van der Waals surface area contributed by atoms with Crippen LogP contribution in [0.2, 0.25) is 0 Å². The van der Waals surface area contributed by atoms with Crippen LogP contribution in [-0.4, -0.2) is 46.8 Å². The minimum atomic E-state index is -0.216. The van der Waals surface area contributed by atoms with Gasteiger partial charge in [-0.15, -0.1) is 0 Å². The van der Waals surface area contributed by atoms with E-state index < -0.39 is 0 Å². The second kappa shape index (κ2) is 10.5. The number of rotatable bonds is 9. The molecule has 162 valence electrons. The summed E-state index contributed by atoms with van der Waals surface area (Å²) in [5.74, 6) is 0.106. The number of carbonyl (C=O) groups excluding carboxylic acids is 2. The van der Waals surface area contributed by atoms with Gasteiger partial charge in [0, 0.05) is 18.3 Å². The van der Waals surface area contributed by atoms with Gasteiger partial charge in [0.05, 0.1) is 24.0 Å². The Balaban J connectivity index is 1.72. The van der Waals surface area contributed by atoms with Gasteiger partial charge < -0.3 is 15.6 Å².